The summed E-state index contributed by atoms with van der Waals surface area (Å²) in [4.78, 5) is 11.4. The molecule has 1 heterocycles. The molecule has 17 heavy (non-hydrogen) atoms. The van der Waals surface area contributed by atoms with E-state index in [1.54, 1.807) is 0 Å². The van der Waals surface area contributed by atoms with Gasteiger partial charge < -0.3 is 9.47 Å². The number of carbonyl (C=O) groups is 1. The first kappa shape index (κ1) is 10.8. The minimum atomic E-state index is -0.0270. The van der Waals surface area contributed by atoms with Crippen LogP contribution in [0.1, 0.15) is 18.4 Å². The molecule has 1 aliphatic heterocycles. The van der Waals surface area contributed by atoms with Gasteiger partial charge in [0.2, 0.25) is 0 Å². The van der Waals surface area contributed by atoms with Crippen molar-refractivity contribution in [3.05, 3.63) is 35.9 Å². The Hall–Kier alpha value is -1.35. The van der Waals surface area contributed by atoms with Gasteiger partial charge in [-0.05, 0) is 18.4 Å². The minimum Gasteiger partial charge on any atom is -0.465 e. The fourth-order valence-electron chi connectivity index (χ4n) is 2.82. The first-order chi connectivity index (χ1) is 8.34. The van der Waals surface area contributed by atoms with Crippen molar-refractivity contribution in [2.24, 2.45) is 11.8 Å². The summed E-state index contributed by atoms with van der Waals surface area (Å²) in [7, 11) is 0. The molecule has 3 rings (SSSR count). The van der Waals surface area contributed by atoms with Gasteiger partial charge in [-0.3, -0.25) is 4.79 Å². The maximum Gasteiger partial charge on any atom is 0.309 e. The van der Waals surface area contributed by atoms with Gasteiger partial charge in [0, 0.05) is 5.92 Å². The average Bonchev–Trinajstić information content (AvgIpc) is 2.92. The molecule has 3 heteroatoms. The summed E-state index contributed by atoms with van der Waals surface area (Å²) >= 11 is 0. The van der Waals surface area contributed by atoms with Gasteiger partial charge in [-0.15, -0.1) is 0 Å². The van der Waals surface area contributed by atoms with E-state index in [4.69, 9.17) is 9.47 Å². The Morgan fingerprint density at radius 2 is 2.06 bits per heavy atom. The molecule has 0 aromatic heterocycles. The predicted molar refractivity (Wildman–Crippen MR) is 62.2 cm³/mol. The van der Waals surface area contributed by atoms with E-state index in [1.165, 1.54) is 5.56 Å². The fourth-order valence-corrected chi connectivity index (χ4v) is 2.82. The molecule has 90 valence electrons. The van der Waals surface area contributed by atoms with Gasteiger partial charge in [0.1, 0.15) is 0 Å². The Kier molecular flexibility index (Phi) is 2.85. The highest BCUT2D eigenvalue weighted by Crippen LogP contribution is 2.39. The number of ether oxygens (including phenoxy) is 2. The van der Waals surface area contributed by atoms with Gasteiger partial charge in [-0.25, -0.2) is 0 Å². The van der Waals surface area contributed by atoms with Gasteiger partial charge in [0.15, 0.2) is 0 Å². The van der Waals surface area contributed by atoms with Gasteiger partial charge in [-0.2, -0.15) is 0 Å². The number of esters is 1. The maximum atomic E-state index is 11.4. The van der Waals surface area contributed by atoms with E-state index in [-0.39, 0.29) is 23.9 Å². The highest BCUT2D eigenvalue weighted by atomic mass is 16.5. The van der Waals surface area contributed by atoms with Gasteiger partial charge in [0.25, 0.3) is 0 Å². The van der Waals surface area contributed by atoms with E-state index >= 15 is 0 Å². The molecule has 2 aliphatic rings. The van der Waals surface area contributed by atoms with Crippen LogP contribution >= 0.6 is 0 Å². The second kappa shape index (κ2) is 4.49. The van der Waals surface area contributed by atoms with Crippen LogP contribution in [0.25, 0.3) is 0 Å². The maximum absolute atomic E-state index is 11.4. The Bertz CT molecular complexity index is 401. The van der Waals surface area contributed by atoms with Crippen LogP contribution in [0.3, 0.4) is 0 Å². The second-order valence-corrected chi connectivity index (χ2v) is 4.81. The number of fused-ring (bicyclic) bond motifs is 1. The number of rotatable bonds is 3. The minimum absolute atomic E-state index is 0.0270. The van der Waals surface area contributed by atoms with Crippen molar-refractivity contribution >= 4 is 5.97 Å². The molecule has 1 saturated carbocycles. The highest BCUT2D eigenvalue weighted by Gasteiger charge is 2.46. The molecule has 0 unspecified atom stereocenters. The summed E-state index contributed by atoms with van der Waals surface area (Å²) in [6.45, 7) is 1.17. The van der Waals surface area contributed by atoms with Crippen molar-refractivity contribution in [1.29, 1.82) is 0 Å². The molecule has 0 N–H and O–H groups in total. The molecule has 3 atom stereocenters. The molecule has 0 amide bonds. The number of cyclic esters (lactones) is 1. The molecule has 2 fully saturated rings. The van der Waals surface area contributed by atoms with Crippen molar-refractivity contribution < 1.29 is 14.3 Å². The van der Waals surface area contributed by atoms with Gasteiger partial charge in [0.05, 0.1) is 25.2 Å². The third-order valence-corrected chi connectivity index (χ3v) is 3.78. The average molecular weight is 232 g/mol. The largest absolute Gasteiger partial charge is 0.465 e. The van der Waals surface area contributed by atoms with Crippen LogP contribution in [-0.4, -0.2) is 18.7 Å². The Morgan fingerprint density at radius 3 is 2.88 bits per heavy atom. The number of hydrogen-bond acceptors (Lipinski definition) is 3. The molecular weight excluding hydrogens is 216 g/mol. The van der Waals surface area contributed by atoms with Crippen LogP contribution in [0, 0.1) is 11.8 Å². The van der Waals surface area contributed by atoms with Crippen LogP contribution in [-0.2, 0) is 20.9 Å². The highest BCUT2D eigenvalue weighted by molar-refractivity contribution is 5.75. The number of carbonyl (C=O) groups excluding carboxylic acids is 1. The third kappa shape index (κ3) is 2.07. The molecular formula is C14H16O3. The van der Waals surface area contributed by atoms with Crippen molar-refractivity contribution in [2.75, 3.05) is 6.61 Å². The first-order valence-electron chi connectivity index (χ1n) is 6.17. The Labute approximate surface area is 101 Å². The lowest BCUT2D eigenvalue weighted by atomic mass is 9.99. The van der Waals surface area contributed by atoms with E-state index in [9.17, 15) is 4.79 Å². The van der Waals surface area contributed by atoms with Crippen LogP contribution < -0.4 is 0 Å². The quantitative estimate of drug-likeness (QED) is 0.749. The standard InChI is InChI=1S/C14H16O3/c15-14-11-6-7-13(12(11)9-17-14)16-8-10-4-2-1-3-5-10/h1-5,11-13H,6-9H2/t11-,12-,13+/m1/s1. The normalized spacial score (nSPS) is 31.3. The Balaban J connectivity index is 1.58. The summed E-state index contributed by atoms with van der Waals surface area (Å²) in [5, 5.41) is 0. The zero-order valence-electron chi connectivity index (χ0n) is 9.67. The van der Waals surface area contributed by atoms with Gasteiger partial charge >= 0.3 is 5.97 Å². The molecule has 1 aromatic carbocycles. The van der Waals surface area contributed by atoms with Crippen LogP contribution in [0.2, 0.25) is 0 Å². The fraction of sp³-hybridized carbons (Fsp3) is 0.500. The third-order valence-electron chi connectivity index (χ3n) is 3.78. The van der Waals surface area contributed by atoms with Crippen LogP contribution in [0.15, 0.2) is 30.3 Å². The van der Waals surface area contributed by atoms with E-state index in [1.807, 2.05) is 18.2 Å². The SMILES string of the molecule is O=C1OC[C@H]2[C@@H](OCc3ccccc3)CC[C@@H]12. The second-order valence-electron chi connectivity index (χ2n) is 4.81. The smallest absolute Gasteiger partial charge is 0.309 e. The molecule has 3 nitrogen and oxygen atoms in total. The lowest BCUT2D eigenvalue weighted by Crippen LogP contribution is -2.22. The molecule has 1 aliphatic carbocycles. The summed E-state index contributed by atoms with van der Waals surface area (Å²) in [5.41, 5.74) is 1.18. The van der Waals surface area contributed by atoms with Crippen molar-refractivity contribution in [1.82, 2.24) is 0 Å². The predicted octanol–water partition coefficient (Wildman–Crippen LogP) is 2.15. The van der Waals surface area contributed by atoms with E-state index in [2.05, 4.69) is 12.1 Å². The Morgan fingerprint density at radius 1 is 1.24 bits per heavy atom. The molecule has 0 bridgehead atoms. The van der Waals surface area contributed by atoms with E-state index in [0.29, 0.717) is 13.2 Å². The summed E-state index contributed by atoms with van der Waals surface area (Å²) in [6.07, 6.45) is 2.09. The molecule has 0 radical (unpaired) electrons. The van der Waals surface area contributed by atoms with Crippen molar-refractivity contribution in [2.45, 2.75) is 25.6 Å². The van der Waals surface area contributed by atoms with Crippen molar-refractivity contribution in [3.8, 4) is 0 Å². The molecule has 1 saturated heterocycles. The molecule has 0 spiro atoms. The number of benzene rings is 1. The molecule has 1 aromatic rings. The summed E-state index contributed by atoms with van der Waals surface area (Å²) in [5.74, 6) is 0.350. The van der Waals surface area contributed by atoms with E-state index < -0.39 is 0 Å². The van der Waals surface area contributed by atoms with Crippen LogP contribution in [0.4, 0.5) is 0 Å². The first-order valence-corrected chi connectivity index (χ1v) is 6.17. The summed E-state index contributed by atoms with van der Waals surface area (Å²) in [6, 6.07) is 10.1. The van der Waals surface area contributed by atoms with Crippen molar-refractivity contribution in [3.63, 3.8) is 0 Å². The number of hydrogen-bond donors (Lipinski definition) is 0. The summed E-state index contributed by atoms with van der Waals surface area (Å²) < 4.78 is 11.0. The van der Waals surface area contributed by atoms with Gasteiger partial charge in [-0.1, -0.05) is 30.3 Å². The van der Waals surface area contributed by atoms with Crippen LogP contribution in [0.5, 0.6) is 0 Å². The lowest BCUT2D eigenvalue weighted by Gasteiger charge is -2.17. The van der Waals surface area contributed by atoms with E-state index in [0.717, 1.165) is 12.8 Å². The zero-order valence-corrected chi connectivity index (χ0v) is 9.67. The monoisotopic (exact) mass is 232 g/mol. The lowest BCUT2D eigenvalue weighted by molar-refractivity contribution is -0.141. The topological polar surface area (TPSA) is 35.5 Å². The zero-order chi connectivity index (χ0) is 11.7.